The predicted octanol–water partition coefficient (Wildman–Crippen LogP) is 2.08. The van der Waals surface area contributed by atoms with Gasteiger partial charge in [0.15, 0.2) is 0 Å². The van der Waals surface area contributed by atoms with E-state index in [-0.39, 0.29) is 11.9 Å². The Morgan fingerprint density at radius 2 is 1.77 bits per heavy atom. The molecule has 0 aliphatic carbocycles. The lowest BCUT2D eigenvalue weighted by Gasteiger charge is -2.33. The van der Waals surface area contributed by atoms with Gasteiger partial charge in [0.05, 0.1) is 11.4 Å². The molecule has 0 saturated carbocycles. The zero-order valence-corrected chi connectivity index (χ0v) is 16.7. The van der Waals surface area contributed by atoms with Crippen molar-refractivity contribution in [3.05, 3.63) is 30.3 Å². The molecule has 0 aromatic heterocycles. The summed E-state index contributed by atoms with van der Waals surface area (Å²) in [5.74, 6) is 0.0216. The standard InChI is InChI=1S/C19H31N3O3S/c1-3-4-6-9-17(2)20-19(23)16-21-12-14-22(15-13-21)26(24,25)18-10-7-5-8-11-18/h5,7-8,10-11,17H,3-4,6,9,12-16H2,1-2H3,(H,20,23)/t17-/m0/s1. The van der Waals surface area contributed by atoms with Crippen molar-refractivity contribution >= 4 is 15.9 Å². The summed E-state index contributed by atoms with van der Waals surface area (Å²) in [7, 11) is -3.44. The maximum atomic E-state index is 12.6. The lowest BCUT2D eigenvalue weighted by atomic mass is 10.1. The van der Waals surface area contributed by atoms with Gasteiger partial charge in [-0.25, -0.2) is 8.42 Å². The van der Waals surface area contributed by atoms with Gasteiger partial charge in [0.1, 0.15) is 0 Å². The lowest BCUT2D eigenvalue weighted by Crippen LogP contribution is -2.51. The minimum Gasteiger partial charge on any atom is -0.353 e. The fourth-order valence-electron chi connectivity index (χ4n) is 3.17. The summed E-state index contributed by atoms with van der Waals surface area (Å²) in [4.78, 5) is 14.5. The molecule has 1 atom stereocenters. The van der Waals surface area contributed by atoms with Gasteiger partial charge in [-0.1, -0.05) is 44.4 Å². The van der Waals surface area contributed by atoms with Crippen molar-refractivity contribution in [2.24, 2.45) is 0 Å². The van der Waals surface area contributed by atoms with E-state index in [1.165, 1.54) is 17.1 Å². The number of amides is 1. The largest absolute Gasteiger partial charge is 0.353 e. The van der Waals surface area contributed by atoms with Crippen LogP contribution in [0.4, 0.5) is 0 Å². The van der Waals surface area contributed by atoms with Crippen LogP contribution in [-0.2, 0) is 14.8 Å². The Kier molecular flexibility index (Phi) is 8.06. The quantitative estimate of drug-likeness (QED) is 0.665. The summed E-state index contributed by atoms with van der Waals surface area (Å²) in [6.07, 6.45) is 4.51. The van der Waals surface area contributed by atoms with Crippen LogP contribution in [0.3, 0.4) is 0 Å². The molecule has 6 nitrogen and oxygen atoms in total. The second-order valence-electron chi connectivity index (χ2n) is 6.96. The summed E-state index contributed by atoms with van der Waals surface area (Å²) in [5, 5.41) is 3.04. The number of unbranched alkanes of at least 4 members (excludes halogenated alkanes) is 2. The Morgan fingerprint density at radius 1 is 1.12 bits per heavy atom. The zero-order chi connectivity index (χ0) is 19.0. The molecule has 1 amide bonds. The highest BCUT2D eigenvalue weighted by atomic mass is 32.2. The Balaban J connectivity index is 1.77. The lowest BCUT2D eigenvalue weighted by molar-refractivity contribution is -0.123. The first-order chi connectivity index (χ1) is 12.4. The van der Waals surface area contributed by atoms with Crippen LogP contribution in [-0.4, -0.2) is 62.3 Å². The SMILES string of the molecule is CCCCC[C@H](C)NC(=O)CN1CCN(S(=O)(=O)c2ccccc2)CC1. The second-order valence-corrected chi connectivity index (χ2v) is 8.90. The number of sulfonamides is 1. The Bertz CT molecular complexity index is 656. The van der Waals surface area contributed by atoms with Gasteiger partial charge in [0, 0.05) is 32.2 Å². The molecule has 1 saturated heterocycles. The van der Waals surface area contributed by atoms with Crippen molar-refractivity contribution in [1.29, 1.82) is 0 Å². The number of piperazine rings is 1. The Labute approximate surface area is 157 Å². The number of rotatable bonds is 9. The number of benzene rings is 1. The number of carbonyl (C=O) groups excluding carboxylic acids is 1. The molecule has 1 aromatic carbocycles. The maximum absolute atomic E-state index is 12.6. The second kappa shape index (κ2) is 10.0. The highest BCUT2D eigenvalue weighted by Crippen LogP contribution is 2.17. The van der Waals surface area contributed by atoms with Crippen LogP contribution in [0.5, 0.6) is 0 Å². The van der Waals surface area contributed by atoms with E-state index in [1.54, 1.807) is 30.3 Å². The van der Waals surface area contributed by atoms with E-state index >= 15 is 0 Å². The highest BCUT2D eigenvalue weighted by molar-refractivity contribution is 7.89. The predicted molar refractivity (Wildman–Crippen MR) is 103 cm³/mol. The van der Waals surface area contributed by atoms with Crippen LogP contribution in [0.2, 0.25) is 0 Å². The van der Waals surface area contributed by atoms with Gasteiger partial charge >= 0.3 is 0 Å². The normalized spacial score (nSPS) is 17.8. The molecule has 146 valence electrons. The molecule has 1 fully saturated rings. The highest BCUT2D eigenvalue weighted by Gasteiger charge is 2.28. The number of nitrogens with one attached hydrogen (secondary N) is 1. The molecule has 1 N–H and O–H groups in total. The number of hydrogen-bond acceptors (Lipinski definition) is 4. The van der Waals surface area contributed by atoms with Crippen molar-refractivity contribution in [3.63, 3.8) is 0 Å². The average molecular weight is 382 g/mol. The van der Waals surface area contributed by atoms with Crippen molar-refractivity contribution in [3.8, 4) is 0 Å². The first-order valence-corrected chi connectivity index (χ1v) is 10.9. The van der Waals surface area contributed by atoms with E-state index in [2.05, 4.69) is 12.2 Å². The van der Waals surface area contributed by atoms with Gasteiger partial charge in [-0.3, -0.25) is 9.69 Å². The van der Waals surface area contributed by atoms with E-state index in [4.69, 9.17) is 0 Å². The van der Waals surface area contributed by atoms with Gasteiger partial charge in [-0.15, -0.1) is 0 Å². The van der Waals surface area contributed by atoms with E-state index in [9.17, 15) is 13.2 Å². The summed E-state index contributed by atoms with van der Waals surface area (Å²) in [6.45, 7) is 6.51. The fourth-order valence-corrected chi connectivity index (χ4v) is 4.61. The minimum atomic E-state index is -3.44. The molecule has 26 heavy (non-hydrogen) atoms. The van der Waals surface area contributed by atoms with Crippen LogP contribution >= 0.6 is 0 Å². The molecule has 0 bridgehead atoms. The minimum absolute atomic E-state index is 0.0216. The van der Waals surface area contributed by atoms with Crippen molar-refractivity contribution in [1.82, 2.24) is 14.5 Å². The molecule has 1 aliphatic heterocycles. The van der Waals surface area contributed by atoms with Crippen molar-refractivity contribution < 1.29 is 13.2 Å². The van der Waals surface area contributed by atoms with E-state index < -0.39 is 10.0 Å². The molecule has 1 aromatic rings. The molecular weight excluding hydrogens is 350 g/mol. The summed E-state index contributed by atoms with van der Waals surface area (Å²) >= 11 is 0. The average Bonchev–Trinajstić information content (AvgIpc) is 2.63. The van der Waals surface area contributed by atoms with Gasteiger partial charge in [-0.2, -0.15) is 4.31 Å². The fraction of sp³-hybridized carbons (Fsp3) is 0.632. The van der Waals surface area contributed by atoms with Crippen LogP contribution in [0.1, 0.15) is 39.5 Å². The maximum Gasteiger partial charge on any atom is 0.243 e. The zero-order valence-electron chi connectivity index (χ0n) is 15.9. The van der Waals surface area contributed by atoms with Crippen LogP contribution in [0, 0.1) is 0 Å². The van der Waals surface area contributed by atoms with Crippen LogP contribution < -0.4 is 5.32 Å². The molecule has 1 heterocycles. The molecule has 7 heteroatoms. The topological polar surface area (TPSA) is 69.7 Å². The van der Waals surface area contributed by atoms with Crippen LogP contribution in [0.25, 0.3) is 0 Å². The molecule has 0 spiro atoms. The van der Waals surface area contributed by atoms with E-state index in [0.717, 1.165) is 12.8 Å². The van der Waals surface area contributed by atoms with E-state index in [1.807, 2.05) is 11.8 Å². The van der Waals surface area contributed by atoms with Crippen molar-refractivity contribution in [2.75, 3.05) is 32.7 Å². The molecule has 2 rings (SSSR count). The van der Waals surface area contributed by atoms with Crippen molar-refractivity contribution in [2.45, 2.75) is 50.5 Å². The molecular formula is C19H31N3O3S. The number of hydrogen-bond donors (Lipinski definition) is 1. The first-order valence-electron chi connectivity index (χ1n) is 9.50. The molecule has 0 radical (unpaired) electrons. The third kappa shape index (κ3) is 6.07. The van der Waals surface area contributed by atoms with Gasteiger partial charge in [-0.05, 0) is 25.5 Å². The summed E-state index contributed by atoms with van der Waals surface area (Å²) < 4.78 is 26.7. The van der Waals surface area contributed by atoms with Gasteiger partial charge in [0.2, 0.25) is 15.9 Å². The third-order valence-electron chi connectivity index (χ3n) is 4.73. The Morgan fingerprint density at radius 3 is 2.38 bits per heavy atom. The summed E-state index contributed by atoms with van der Waals surface area (Å²) in [5.41, 5.74) is 0. The first kappa shape index (κ1) is 20.9. The molecule has 0 unspecified atom stereocenters. The smallest absolute Gasteiger partial charge is 0.243 e. The number of nitrogens with zero attached hydrogens (tertiary/aromatic N) is 2. The Hall–Kier alpha value is -1.44. The third-order valence-corrected chi connectivity index (χ3v) is 6.64. The number of carbonyl (C=O) groups is 1. The van der Waals surface area contributed by atoms with E-state index in [0.29, 0.717) is 37.6 Å². The monoisotopic (exact) mass is 381 g/mol. The van der Waals surface area contributed by atoms with Gasteiger partial charge < -0.3 is 5.32 Å². The summed E-state index contributed by atoms with van der Waals surface area (Å²) in [6, 6.07) is 8.70. The molecule has 1 aliphatic rings. The van der Waals surface area contributed by atoms with Crippen LogP contribution in [0.15, 0.2) is 35.2 Å². The van der Waals surface area contributed by atoms with Gasteiger partial charge in [0.25, 0.3) is 0 Å².